The van der Waals surface area contributed by atoms with Gasteiger partial charge in [0.25, 0.3) is 5.91 Å². The van der Waals surface area contributed by atoms with Crippen LogP contribution in [0.4, 0.5) is 0 Å². The molecule has 5 heteroatoms. The Bertz CT molecular complexity index is 943. The summed E-state index contributed by atoms with van der Waals surface area (Å²) in [5, 5.41) is 25.4. The molecule has 0 spiro atoms. The third-order valence-corrected chi connectivity index (χ3v) is 3.73. The molecule has 3 aromatic rings. The minimum Gasteiger partial charge on any atom is -0.508 e. The van der Waals surface area contributed by atoms with Crippen LogP contribution in [0.5, 0.6) is 11.5 Å². The number of nitrogens with zero attached hydrogens (tertiary/aromatic N) is 1. The molecule has 3 rings (SSSR count). The predicted octanol–water partition coefficient (Wildman–Crippen LogP) is 3.41. The summed E-state index contributed by atoms with van der Waals surface area (Å²) in [6.45, 7) is 1.80. The maximum Gasteiger partial charge on any atom is 0.275 e. The average Bonchev–Trinajstić information content (AvgIpc) is 2.61. The number of benzene rings is 3. The predicted molar refractivity (Wildman–Crippen MR) is 93.4 cm³/mol. The van der Waals surface area contributed by atoms with Crippen LogP contribution in [0.3, 0.4) is 0 Å². The molecule has 0 fully saturated rings. The van der Waals surface area contributed by atoms with Crippen LogP contribution in [-0.4, -0.2) is 21.8 Å². The molecule has 0 atom stereocenters. The number of phenolic OH excluding ortho intramolecular Hbond substituents is 2. The van der Waals surface area contributed by atoms with Crippen LogP contribution >= 0.6 is 0 Å². The first-order chi connectivity index (χ1) is 11.6. The second-order valence-corrected chi connectivity index (χ2v) is 5.37. The summed E-state index contributed by atoms with van der Waals surface area (Å²) in [6, 6.07) is 17.5. The Labute approximate surface area is 138 Å². The highest BCUT2D eigenvalue weighted by Gasteiger charge is 2.12. The molecule has 0 aromatic heterocycles. The number of nitrogens with one attached hydrogen (secondary N) is 1. The van der Waals surface area contributed by atoms with E-state index in [4.69, 9.17) is 0 Å². The number of carbonyl (C=O) groups excluding carboxylic acids is 1. The zero-order valence-corrected chi connectivity index (χ0v) is 13.0. The summed E-state index contributed by atoms with van der Waals surface area (Å²) in [4.78, 5) is 12.1. The maximum atomic E-state index is 12.1. The van der Waals surface area contributed by atoms with E-state index in [0.29, 0.717) is 5.71 Å². The van der Waals surface area contributed by atoms with Crippen LogP contribution in [0.2, 0.25) is 0 Å². The fourth-order valence-electron chi connectivity index (χ4n) is 2.50. The molecular formula is C19H16N2O3. The fourth-order valence-corrected chi connectivity index (χ4v) is 2.50. The van der Waals surface area contributed by atoms with Gasteiger partial charge in [0.1, 0.15) is 11.5 Å². The van der Waals surface area contributed by atoms with Crippen molar-refractivity contribution < 1.29 is 15.0 Å². The molecule has 0 aliphatic carbocycles. The van der Waals surface area contributed by atoms with Gasteiger partial charge in [-0.25, -0.2) is 5.43 Å². The Balaban J connectivity index is 1.88. The fraction of sp³-hybridized carbons (Fsp3) is 0.0526. The van der Waals surface area contributed by atoms with Crippen molar-refractivity contribution in [1.82, 2.24) is 5.43 Å². The molecule has 0 aliphatic heterocycles. The number of phenols is 2. The van der Waals surface area contributed by atoms with Crippen molar-refractivity contribution in [1.29, 1.82) is 0 Å². The van der Waals surface area contributed by atoms with Gasteiger partial charge < -0.3 is 10.2 Å². The van der Waals surface area contributed by atoms with E-state index >= 15 is 0 Å². The van der Waals surface area contributed by atoms with Gasteiger partial charge in [-0.3, -0.25) is 4.79 Å². The molecule has 0 saturated carbocycles. The second-order valence-electron chi connectivity index (χ2n) is 5.37. The van der Waals surface area contributed by atoms with Gasteiger partial charge in [0.2, 0.25) is 0 Å². The molecule has 0 aliphatic rings. The third kappa shape index (κ3) is 3.05. The monoisotopic (exact) mass is 320 g/mol. The minimum atomic E-state index is -0.594. The molecule has 0 heterocycles. The van der Waals surface area contributed by atoms with E-state index in [9.17, 15) is 15.0 Å². The molecule has 24 heavy (non-hydrogen) atoms. The van der Waals surface area contributed by atoms with E-state index in [1.807, 2.05) is 42.5 Å². The molecule has 5 nitrogen and oxygen atoms in total. The summed E-state index contributed by atoms with van der Waals surface area (Å²) in [6.07, 6.45) is 0. The first-order valence-corrected chi connectivity index (χ1v) is 7.41. The SMILES string of the molecule is CC(=NNC(=O)c1cc(O)ccc1O)c1cccc2ccccc12. The highest BCUT2D eigenvalue weighted by molar-refractivity contribution is 6.10. The number of hydrogen-bond acceptors (Lipinski definition) is 4. The van der Waals surface area contributed by atoms with E-state index < -0.39 is 5.91 Å². The van der Waals surface area contributed by atoms with Gasteiger partial charge in [0.05, 0.1) is 11.3 Å². The summed E-state index contributed by atoms with van der Waals surface area (Å²) < 4.78 is 0. The van der Waals surface area contributed by atoms with Crippen LogP contribution in [0.25, 0.3) is 10.8 Å². The number of amides is 1. The quantitative estimate of drug-likeness (QED) is 0.393. The Kier molecular flexibility index (Phi) is 4.16. The Hall–Kier alpha value is -3.34. The lowest BCUT2D eigenvalue weighted by Crippen LogP contribution is -2.19. The molecule has 0 unspecified atom stereocenters. The van der Waals surface area contributed by atoms with E-state index in [1.54, 1.807) is 6.92 Å². The van der Waals surface area contributed by atoms with Gasteiger partial charge in [-0.05, 0) is 35.9 Å². The molecular weight excluding hydrogens is 304 g/mol. The van der Waals surface area contributed by atoms with Gasteiger partial charge in [-0.1, -0.05) is 42.5 Å². The Morgan fingerprint density at radius 1 is 0.958 bits per heavy atom. The Morgan fingerprint density at radius 3 is 2.54 bits per heavy atom. The van der Waals surface area contributed by atoms with Crippen molar-refractivity contribution in [3.05, 3.63) is 71.8 Å². The molecule has 3 aromatic carbocycles. The summed E-state index contributed by atoms with van der Waals surface area (Å²) in [5.74, 6) is -0.918. The first-order valence-electron chi connectivity index (χ1n) is 7.41. The second kappa shape index (κ2) is 6.42. The van der Waals surface area contributed by atoms with Crippen molar-refractivity contribution in [3.63, 3.8) is 0 Å². The summed E-state index contributed by atoms with van der Waals surface area (Å²) >= 11 is 0. The van der Waals surface area contributed by atoms with Crippen LogP contribution < -0.4 is 5.43 Å². The number of fused-ring (bicyclic) bond motifs is 1. The van der Waals surface area contributed by atoms with Crippen molar-refractivity contribution in [2.75, 3.05) is 0 Å². The van der Waals surface area contributed by atoms with Crippen LogP contribution in [-0.2, 0) is 0 Å². The highest BCUT2D eigenvalue weighted by atomic mass is 16.3. The largest absolute Gasteiger partial charge is 0.508 e. The minimum absolute atomic E-state index is 0.0375. The number of aromatic hydroxyl groups is 2. The van der Waals surface area contributed by atoms with Gasteiger partial charge >= 0.3 is 0 Å². The number of hydrogen-bond donors (Lipinski definition) is 3. The lowest BCUT2D eigenvalue weighted by molar-refractivity contribution is 0.0951. The molecule has 0 radical (unpaired) electrons. The van der Waals surface area contributed by atoms with E-state index in [-0.39, 0.29) is 17.1 Å². The van der Waals surface area contributed by atoms with Crippen molar-refractivity contribution in [3.8, 4) is 11.5 Å². The topological polar surface area (TPSA) is 81.9 Å². The lowest BCUT2D eigenvalue weighted by Gasteiger charge is -2.07. The van der Waals surface area contributed by atoms with Crippen LogP contribution in [0, 0.1) is 0 Å². The van der Waals surface area contributed by atoms with Gasteiger partial charge in [0, 0.05) is 5.56 Å². The normalized spacial score (nSPS) is 11.5. The van der Waals surface area contributed by atoms with Crippen molar-refractivity contribution >= 4 is 22.4 Å². The van der Waals surface area contributed by atoms with E-state index in [2.05, 4.69) is 10.5 Å². The third-order valence-electron chi connectivity index (χ3n) is 3.73. The van der Waals surface area contributed by atoms with Gasteiger partial charge in [-0.2, -0.15) is 5.10 Å². The molecule has 3 N–H and O–H groups in total. The van der Waals surface area contributed by atoms with Crippen molar-refractivity contribution in [2.45, 2.75) is 6.92 Å². The summed E-state index contributed by atoms with van der Waals surface area (Å²) in [7, 11) is 0. The molecule has 0 saturated heterocycles. The zero-order chi connectivity index (χ0) is 17.1. The summed E-state index contributed by atoms with van der Waals surface area (Å²) in [5.41, 5.74) is 3.92. The van der Waals surface area contributed by atoms with Crippen LogP contribution in [0.15, 0.2) is 65.8 Å². The zero-order valence-electron chi connectivity index (χ0n) is 13.0. The molecule has 120 valence electrons. The van der Waals surface area contributed by atoms with Gasteiger partial charge in [0.15, 0.2) is 0 Å². The molecule has 0 bridgehead atoms. The number of rotatable bonds is 3. The van der Waals surface area contributed by atoms with E-state index in [1.165, 1.54) is 18.2 Å². The Morgan fingerprint density at radius 2 is 1.71 bits per heavy atom. The lowest BCUT2D eigenvalue weighted by atomic mass is 10.0. The first kappa shape index (κ1) is 15.6. The standard InChI is InChI=1S/C19H16N2O3/c1-12(15-8-4-6-13-5-2-3-7-16(13)15)20-21-19(24)17-11-14(22)9-10-18(17)23/h2-11,22-23H,1H3,(H,21,24). The highest BCUT2D eigenvalue weighted by Crippen LogP contribution is 2.22. The van der Waals surface area contributed by atoms with Crippen molar-refractivity contribution in [2.24, 2.45) is 5.10 Å². The average molecular weight is 320 g/mol. The number of hydrazone groups is 1. The smallest absolute Gasteiger partial charge is 0.275 e. The van der Waals surface area contributed by atoms with Gasteiger partial charge in [-0.15, -0.1) is 0 Å². The maximum absolute atomic E-state index is 12.1. The van der Waals surface area contributed by atoms with Crippen LogP contribution in [0.1, 0.15) is 22.8 Å². The number of carbonyl (C=O) groups is 1. The van der Waals surface area contributed by atoms with E-state index in [0.717, 1.165) is 16.3 Å². The molecule has 1 amide bonds.